The van der Waals surface area contributed by atoms with Crippen molar-refractivity contribution < 1.29 is 19.1 Å². The molecular weight excluding hydrogens is 358 g/mol. The number of amides is 3. The molecule has 2 aromatic carbocycles. The highest BCUT2D eigenvalue weighted by Crippen LogP contribution is 2.45. The first-order valence-corrected chi connectivity index (χ1v) is 9.22. The van der Waals surface area contributed by atoms with Crippen LogP contribution in [0.2, 0.25) is 0 Å². The van der Waals surface area contributed by atoms with Gasteiger partial charge in [0, 0.05) is 30.1 Å². The number of fused-ring (bicyclic) bond motifs is 5. The molecule has 3 aromatic rings. The summed E-state index contributed by atoms with van der Waals surface area (Å²) >= 11 is 0. The van der Waals surface area contributed by atoms with Gasteiger partial charge in [0.15, 0.2) is 11.5 Å². The lowest BCUT2D eigenvalue weighted by Crippen LogP contribution is -2.44. The molecule has 3 aliphatic heterocycles. The van der Waals surface area contributed by atoms with Crippen LogP contribution >= 0.6 is 0 Å². The molecule has 1 saturated heterocycles. The third-order valence-electron chi connectivity index (χ3n) is 5.97. The lowest BCUT2D eigenvalue weighted by molar-refractivity contribution is -0.127. The quantitative estimate of drug-likeness (QED) is 0.664. The zero-order valence-electron chi connectivity index (χ0n) is 15.1. The third kappa shape index (κ3) is 1.88. The number of imide groups is 1. The van der Waals surface area contributed by atoms with Crippen LogP contribution in [-0.4, -0.2) is 46.6 Å². The summed E-state index contributed by atoms with van der Waals surface area (Å²) in [6.45, 7) is 0.188. The van der Waals surface area contributed by atoms with E-state index in [-0.39, 0.29) is 18.7 Å². The van der Waals surface area contributed by atoms with E-state index in [1.54, 1.807) is 11.9 Å². The Morgan fingerprint density at radius 3 is 2.79 bits per heavy atom. The molecule has 28 heavy (non-hydrogen) atoms. The average molecular weight is 375 g/mol. The Morgan fingerprint density at radius 2 is 1.89 bits per heavy atom. The number of carbonyl (C=O) groups is 2. The number of carbonyl (C=O) groups excluding carboxylic acids is 2. The van der Waals surface area contributed by atoms with Crippen LogP contribution in [0.3, 0.4) is 0 Å². The van der Waals surface area contributed by atoms with E-state index < -0.39 is 12.1 Å². The summed E-state index contributed by atoms with van der Waals surface area (Å²) in [4.78, 5) is 32.2. The first kappa shape index (κ1) is 15.6. The van der Waals surface area contributed by atoms with Crippen LogP contribution in [0.4, 0.5) is 4.79 Å². The van der Waals surface area contributed by atoms with E-state index in [4.69, 9.17) is 9.47 Å². The Kier molecular flexibility index (Phi) is 2.94. The van der Waals surface area contributed by atoms with Gasteiger partial charge in [-0.25, -0.2) is 4.79 Å². The van der Waals surface area contributed by atoms with Crippen LogP contribution in [0.1, 0.15) is 22.9 Å². The molecule has 3 amide bonds. The first-order valence-electron chi connectivity index (χ1n) is 9.22. The number of likely N-dealkylation sites (N-methyl/N-ethyl adjacent to an activating group) is 1. The molecule has 1 fully saturated rings. The third-order valence-corrected chi connectivity index (χ3v) is 5.97. The first-order chi connectivity index (χ1) is 13.6. The fourth-order valence-corrected chi connectivity index (χ4v) is 4.64. The normalized spacial score (nSPS) is 22.8. The summed E-state index contributed by atoms with van der Waals surface area (Å²) < 4.78 is 11.0. The monoisotopic (exact) mass is 375 g/mol. The van der Waals surface area contributed by atoms with E-state index in [2.05, 4.69) is 11.1 Å². The Bertz CT molecular complexity index is 1170. The summed E-state index contributed by atoms with van der Waals surface area (Å²) in [6.07, 6.45) is 0.509. The molecule has 6 rings (SSSR count). The maximum atomic E-state index is 13.0. The van der Waals surface area contributed by atoms with E-state index in [1.165, 1.54) is 4.90 Å². The zero-order chi connectivity index (χ0) is 19.0. The number of nitrogens with one attached hydrogen (secondary N) is 1. The number of ether oxygens (including phenoxy) is 2. The molecule has 3 aliphatic rings. The minimum absolute atomic E-state index is 0.160. The Hall–Kier alpha value is -3.48. The minimum Gasteiger partial charge on any atom is -0.454 e. The molecule has 4 heterocycles. The van der Waals surface area contributed by atoms with Crippen molar-refractivity contribution in [3.8, 4) is 11.5 Å². The van der Waals surface area contributed by atoms with Crippen LogP contribution in [0, 0.1) is 0 Å². The molecule has 1 aromatic heterocycles. The molecule has 0 spiro atoms. The van der Waals surface area contributed by atoms with Crippen molar-refractivity contribution in [2.24, 2.45) is 0 Å². The summed E-state index contributed by atoms with van der Waals surface area (Å²) in [5.74, 6) is 1.18. The lowest BCUT2D eigenvalue weighted by Gasteiger charge is -2.36. The van der Waals surface area contributed by atoms with Gasteiger partial charge in [0.1, 0.15) is 12.1 Å². The second-order valence-corrected chi connectivity index (χ2v) is 7.39. The number of H-pyrrole nitrogens is 1. The largest absolute Gasteiger partial charge is 0.454 e. The van der Waals surface area contributed by atoms with Gasteiger partial charge in [-0.2, -0.15) is 0 Å². The van der Waals surface area contributed by atoms with Crippen molar-refractivity contribution in [1.82, 2.24) is 14.8 Å². The number of para-hydroxylation sites is 1. The highest BCUT2D eigenvalue weighted by atomic mass is 16.7. The van der Waals surface area contributed by atoms with Gasteiger partial charge in [-0.1, -0.05) is 24.3 Å². The number of urea groups is 1. The molecule has 1 N–H and O–H groups in total. The molecule has 140 valence electrons. The second kappa shape index (κ2) is 5.28. The minimum atomic E-state index is -0.500. The molecular formula is C21H17N3O4. The van der Waals surface area contributed by atoms with Crippen LogP contribution in [0.25, 0.3) is 10.9 Å². The SMILES string of the molecule is CN1C(=O)[C@H]2Cc3c([nH]c4ccccc34)[C@@H](c3ccc4c(c3)OCO4)N2C1=O. The maximum Gasteiger partial charge on any atom is 0.328 e. The van der Waals surface area contributed by atoms with Crippen molar-refractivity contribution in [1.29, 1.82) is 0 Å². The Balaban J connectivity index is 1.60. The zero-order valence-corrected chi connectivity index (χ0v) is 15.1. The van der Waals surface area contributed by atoms with Crippen LogP contribution in [-0.2, 0) is 11.2 Å². The topological polar surface area (TPSA) is 74.9 Å². The van der Waals surface area contributed by atoms with Gasteiger partial charge in [-0.3, -0.25) is 14.6 Å². The van der Waals surface area contributed by atoms with Crippen molar-refractivity contribution in [3.05, 3.63) is 59.3 Å². The predicted octanol–water partition coefficient (Wildman–Crippen LogP) is 2.80. The highest BCUT2D eigenvalue weighted by Gasteiger charge is 2.51. The van der Waals surface area contributed by atoms with E-state index in [0.717, 1.165) is 27.7 Å². The van der Waals surface area contributed by atoms with Gasteiger partial charge in [-0.05, 0) is 29.3 Å². The Labute approximate surface area is 160 Å². The molecule has 7 heteroatoms. The Morgan fingerprint density at radius 1 is 1.07 bits per heavy atom. The number of nitrogens with zero attached hydrogens (tertiary/aromatic N) is 2. The number of aromatic nitrogens is 1. The summed E-state index contributed by atoms with van der Waals surface area (Å²) in [7, 11) is 1.55. The number of hydrogen-bond donors (Lipinski definition) is 1. The van der Waals surface area contributed by atoms with Crippen LogP contribution in [0.5, 0.6) is 11.5 Å². The standard InChI is InChI=1S/C21H17N3O4/c1-23-20(25)15-9-13-12-4-2-3-5-14(12)22-18(13)19(24(15)21(23)26)11-6-7-16-17(8-11)28-10-27-16/h2-8,15,19,22H,9-10H2,1H3/t15-,19-/m1/s1. The molecule has 0 bridgehead atoms. The molecule has 2 atom stereocenters. The van der Waals surface area contributed by atoms with Gasteiger partial charge >= 0.3 is 6.03 Å². The van der Waals surface area contributed by atoms with E-state index in [0.29, 0.717) is 17.9 Å². The van der Waals surface area contributed by atoms with Crippen molar-refractivity contribution >= 4 is 22.8 Å². The van der Waals surface area contributed by atoms with Crippen LogP contribution < -0.4 is 9.47 Å². The van der Waals surface area contributed by atoms with Crippen molar-refractivity contribution in [3.63, 3.8) is 0 Å². The van der Waals surface area contributed by atoms with E-state index >= 15 is 0 Å². The number of hydrogen-bond acceptors (Lipinski definition) is 4. The average Bonchev–Trinajstić information content (AvgIpc) is 3.38. The number of aromatic amines is 1. The van der Waals surface area contributed by atoms with E-state index in [1.807, 2.05) is 36.4 Å². The fraction of sp³-hybridized carbons (Fsp3) is 0.238. The molecule has 7 nitrogen and oxygen atoms in total. The summed E-state index contributed by atoms with van der Waals surface area (Å²) in [5, 5.41) is 1.10. The van der Waals surface area contributed by atoms with Crippen molar-refractivity contribution in [2.75, 3.05) is 13.8 Å². The highest BCUT2D eigenvalue weighted by molar-refractivity contribution is 6.05. The fourth-order valence-electron chi connectivity index (χ4n) is 4.64. The number of benzene rings is 2. The maximum absolute atomic E-state index is 13.0. The van der Waals surface area contributed by atoms with E-state index in [9.17, 15) is 9.59 Å². The molecule has 0 radical (unpaired) electrons. The van der Waals surface area contributed by atoms with Gasteiger partial charge in [-0.15, -0.1) is 0 Å². The van der Waals surface area contributed by atoms with Crippen LogP contribution in [0.15, 0.2) is 42.5 Å². The summed E-state index contributed by atoms with van der Waals surface area (Å²) in [5.41, 5.74) is 3.94. The predicted molar refractivity (Wildman–Crippen MR) is 100 cm³/mol. The second-order valence-electron chi connectivity index (χ2n) is 7.39. The summed E-state index contributed by atoms with van der Waals surface area (Å²) in [6, 6.07) is 12.6. The molecule has 0 aliphatic carbocycles. The smallest absolute Gasteiger partial charge is 0.328 e. The van der Waals surface area contributed by atoms with Crippen molar-refractivity contribution in [2.45, 2.75) is 18.5 Å². The van der Waals surface area contributed by atoms with Gasteiger partial charge in [0.25, 0.3) is 5.91 Å². The number of rotatable bonds is 1. The molecule has 0 saturated carbocycles. The van der Waals surface area contributed by atoms with Gasteiger partial charge in [0.2, 0.25) is 6.79 Å². The molecule has 0 unspecified atom stereocenters. The lowest BCUT2D eigenvalue weighted by atomic mass is 9.88. The van der Waals surface area contributed by atoms with Gasteiger partial charge < -0.3 is 14.5 Å². The van der Waals surface area contributed by atoms with Gasteiger partial charge in [0.05, 0.1) is 0 Å².